The third-order valence-electron chi connectivity index (χ3n) is 4.41. The molecule has 5 heteroatoms. The highest BCUT2D eigenvalue weighted by Crippen LogP contribution is 2.16. The summed E-state index contributed by atoms with van der Waals surface area (Å²) in [6, 6.07) is 7.11. The number of para-hydroxylation sites is 1. The maximum absolute atomic E-state index is 12.6. The van der Waals surface area contributed by atoms with E-state index in [1.54, 1.807) is 25.1 Å². The number of aromatic nitrogens is 1. The maximum atomic E-state index is 12.6. The smallest absolute Gasteiger partial charge is 0.344 e. The summed E-state index contributed by atoms with van der Waals surface area (Å²) in [7, 11) is 0. The van der Waals surface area contributed by atoms with Gasteiger partial charge in [0.05, 0.1) is 11.2 Å². The summed E-state index contributed by atoms with van der Waals surface area (Å²) in [5.74, 6) is -1.05. The van der Waals surface area contributed by atoms with Gasteiger partial charge in [0.15, 0.2) is 5.43 Å². The fraction of sp³-hybridized carbons (Fsp3) is 0.429. The highest BCUT2D eigenvalue weighted by atomic mass is 16.7. The maximum Gasteiger partial charge on any atom is 0.344 e. The summed E-state index contributed by atoms with van der Waals surface area (Å²) in [5.41, 5.74) is 1.84. The van der Waals surface area contributed by atoms with Crippen molar-refractivity contribution in [1.29, 1.82) is 0 Å². The van der Waals surface area contributed by atoms with Crippen LogP contribution in [0.1, 0.15) is 50.3 Å². The summed E-state index contributed by atoms with van der Waals surface area (Å²) in [6.45, 7) is 3.49. The number of hydrogen-bond acceptors (Lipinski definition) is 3. The highest BCUT2D eigenvalue weighted by Gasteiger charge is 2.14. The summed E-state index contributed by atoms with van der Waals surface area (Å²) in [4.78, 5) is 29.1. The molecule has 0 atom stereocenters. The molecule has 0 spiro atoms. The van der Waals surface area contributed by atoms with Gasteiger partial charge < -0.3 is 9.94 Å². The first-order valence-electron chi connectivity index (χ1n) is 9.19. The van der Waals surface area contributed by atoms with Gasteiger partial charge in [-0.2, -0.15) is 4.73 Å². The summed E-state index contributed by atoms with van der Waals surface area (Å²) >= 11 is 0. The average Bonchev–Trinajstić information content (AvgIpc) is 2.64. The van der Waals surface area contributed by atoms with Gasteiger partial charge in [0.2, 0.25) is 6.61 Å². The van der Waals surface area contributed by atoms with E-state index in [0.717, 1.165) is 12.8 Å². The molecule has 0 fully saturated rings. The predicted molar refractivity (Wildman–Crippen MR) is 104 cm³/mol. The number of pyridine rings is 1. The molecule has 0 saturated carbocycles. The van der Waals surface area contributed by atoms with Crippen LogP contribution in [-0.4, -0.2) is 22.4 Å². The molecule has 2 aromatic rings. The Kier molecular flexibility index (Phi) is 7.45. The Labute approximate surface area is 153 Å². The molecule has 0 unspecified atom stereocenters. The lowest BCUT2D eigenvalue weighted by Crippen LogP contribution is -2.26. The normalized spacial score (nSPS) is 11.3. The van der Waals surface area contributed by atoms with Crippen LogP contribution in [0.4, 0.5) is 0 Å². The van der Waals surface area contributed by atoms with E-state index in [1.807, 2.05) is 12.1 Å². The predicted octanol–water partition coefficient (Wildman–Crippen LogP) is 3.89. The molecule has 0 aliphatic heterocycles. The fourth-order valence-corrected chi connectivity index (χ4v) is 2.98. The zero-order valence-corrected chi connectivity index (χ0v) is 15.5. The molecule has 1 heterocycles. The van der Waals surface area contributed by atoms with Crippen molar-refractivity contribution in [2.75, 3.05) is 6.61 Å². The lowest BCUT2D eigenvalue weighted by atomic mass is 10.1. The van der Waals surface area contributed by atoms with Crippen LogP contribution >= 0.6 is 0 Å². The van der Waals surface area contributed by atoms with Crippen molar-refractivity contribution < 1.29 is 14.7 Å². The first kappa shape index (κ1) is 19.8. The molecule has 0 saturated heterocycles. The number of benzene rings is 1. The van der Waals surface area contributed by atoms with E-state index in [2.05, 4.69) is 13.0 Å². The van der Waals surface area contributed by atoms with Crippen LogP contribution in [0.2, 0.25) is 0 Å². The molecular formula is C21H27NO4. The minimum absolute atomic E-state index is 0.0397. The van der Waals surface area contributed by atoms with E-state index >= 15 is 0 Å². The Morgan fingerprint density at radius 2 is 1.96 bits per heavy atom. The monoisotopic (exact) mass is 357 g/mol. The number of carbonyl (C=O) groups is 1. The van der Waals surface area contributed by atoms with Crippen LogP contribution in [0.25, 0.3) is 10.9 Å². The van der Waals surface area contributed by atoms with E-state index < -0.39 is 12.6 Å². The van der Waals surface area contributed by atoms with E-state index in [4.69, 9.17) is 9.94 Å². The zero-order chi connectivity index (χ0) is 18.9. The number of unbranched alkanes of at least 4 members (excludes halogenated alkanes) is 4. The van der Waals surface area contributed by atoms with Crippen LogP contribution in [0, 0.1) is 6.92 Å². The number of rotatable bonds is 10. The van der Waals surface area contributed by atoms with Gasteiger partial charge in [-0.1, -0.05) is 50.5 Å². The number of aliphatic carboxylic acids is 1. The Bertz CT molecular complexity index is 836. The second-order valence-corrected chi connectivity index (χ2v) is 6.40. The number of carboxylic acids is 1. The molecule has 26 heavy (non-hydrogen) atoms. The second-order valence-electron chi connectivity index (χ2n) is 6.40. The quantitative estimate of drug-likeness (QED) is 0.517. The molecular weight excluding hydrogens is 330 g/mol. The fourth-order valence-electron chi connectivity index (χ4n) is 2.98. The van der Waals surface area contributed by atoms with E-state index in [-0.39, 0.29) is 5.43 Å². The molecule has 1 N–H and O–H groups in total. The van der Waals surface area contributed by atoms with Crippen molar-refractivity contribution in [2.45, 2.75) is 52.4 Å². The van der Waals surface area contributed by atoms with Gasteiger partial charge in [-0.3, -0.25) is 4.79 Å². The highest BCUT2D eigenvalue weighted by molar-refractivity contribution is 5.80. The third-order valence-corrected chi connectivity index (χ3v) is 4.41. The molecule has 0 aliphatic carbocycles. The van der Waals surface area contributed by atoms with Crippen molar-refractivity contribution in [2.24, 2.45) is 0 Å². The molecule has 1 aromatic carbocycles. The number of hydrogen-bond donors (Lipinski definition) is 1. The van der Waals surface area contributed by atoms with Crippen LogP contribution in [-0.2, 0) is 11.2 Å². The van der Waals surface area contributed by atoms with Gasteiger partial charge in [-0.15, -0.1) is 0 Å². The molecule has 0 bridgehead atoms. The second kappa shape index (κ2) is 9.80. The minimum atomic E-state index is -1.05. The Morgan fingerprint density at radius 1 is 1.19 bits per heavy atom. The molecule has 1 aromatic heterocycles. The van der Waals surface area contributed by atoms with Gasteiger partial charge in [0.1, 0.15) is 0 Å². The first-order valence-corrected chi connectivity index (χ1v) is 9.19. The minimum Gasteiger partial charge on any atom is -0.479 e. The number of allylic oxidation sites excluding steroid dienone is 2. The molecule has 0 radical (unpaired) electrons. The summed E-state index contributed by atoms with van der Waals surface area (Å²) < 4.78 is 1.50. The summed E-state index contributed by atoms with van der Waals surface area (Å²) in [6.07, 6.45) is 10.5. The molecule has 140 valence electrons. The van der Waals surface area contributed by atoms with Crippen molar-refractivity contribution in [3.8, 4) is 0 Å². The van der Waals surface area contributed by atoms with Gasteiger partial charge in [-0.05, 0) is 31.9 Å². The standard InChI is InChI=1S/C21H27NO4/c1-3-4-5-6-7-8-9-13-18-16(2)21(25)17-12-10-11-14-19(17)22(18)26-15-20(23)24/h8-12,14H,3-7,13,15H2,1-2H3,(H,23,24)/b9-8+. The largest absolute Gasteiger partial charge is 0.479 e. The van der Waals surface area contributed by atoms with Gasteiger partial charge >= 0.3 is 5.97 Å². The number of nitrogens with zero attached hydrogens (tertiary/aromatic N) is 1. The van der Waals surface area contributed by atoms with E-state index in [0.29, 0.717) is 28.6 Å². The average molecular weight is 357 g/mol. The lowest BCUT2D eigenvalue weighted by Gasteiger charge is -2.17. The van der Waals surface area contributed by atoms with Crippen molar-refractivity contribution in [1.82, 2.24) is 4.73 Å². The van der Waals surface area contributed by atoms with Gasteiger partial charge in [0, 0.05) is 17.4 Å². The molecule has 5 nitrogen and oxygen atoms in total. The van der Waals surface area contributed by atoms with Gasteiger partial charge in [0.25, 0.3) is 0 Å². The number of carboxylic acid groups (broad SMARTS) is 1. The first-order chi connectivity index (χ1) is 12.6. The van der Waals surface area contributed by atoms with Crippen LogP contribution < -0.4 is 10.3 Å². The lowest BCUT2D eigenvalue weighted by molar-refractivity contribution is -0.142. The summed E-state index contributed by atoms with van der Waals surface area (Å²) in [5, 5.41) is 9.49. The van der Waals surface area contributed by atoms with Crippen LogP contribution in [0.3, 0.4) is 0 Å². The van der Waals surface area contributed by atoms with Crippen molar-refractivity contribution in [3.63, 3.8) is 0 Å². The zero-order valence-electron chi connectivity index (χ0n) is 15.5. The van der Waals surface area contributed by atoms with E-state index in [9.17, 15) is 9.59 Å². The Morgan fingerprint density at radius 3 is 2.69 bits per heavy atom. The Hall–Kier alpha value is -2.56. The Balaban J connectivity index is 2.29. The molecule has 0 amide bonds. The van der Waals surface area contributed by atoms with E-state index in [1.165, 1.54) is 24.0 Å². The topological polar surface area (TPSA) is 68.5 Å². The van der Waals surface area contributed by atoms with Crippen molar-refractivity contribution >= 4 is 16.9 Å². The number of fused-ring (bicyclic) bond motifs is 1. The van der Waals surface area contributed by atoms with Crippen molar-refractivity contribution in [3.05, 3.63) is 57.9 Å². The molecule has 0 aliphatic rings. The van der Waals surface area contributed by atoms with Crippen LogP contribution in [0.5, 0.6) is 0 Å². The third kappa shape index (κ3) is 4.97. The SMILES string of the molecule is CCCCCC/C=C/Cc1c(C)c(=O)c2ccccc2n1OCC(=O)O. The molecule has 2 rings (SSSR count). The van der Waals surface area contributed by atoms with Crippen LogP contribution in [0.15, 0.2) is 41.2 Å². The van der Waals surface area contributed by atoms with Gasteiger partial charge in [-0.25, -0.2) is 4.79 Å².